The Balaban J connectivity index is 1.69. The summed E-state index contributed by atoms with van der Waals surface area (Å²) < 4.78 is 0. The van der Waals surface area contributed by atoms with Gasteiger partial charge in [0.25, 0.3) is 0 Å². The molecule has 0 radical (unpaired) electrons. The molecule has 0 fully saturated rings. The average molecular weight is 311 g/mol. The van der Waals surface area contributed by atoms with Gasteiger partial charge in [0.2, 0.25) is 0 Å². The molecule has 0 atom stereocenters. The summed E-state index contributed by atoms with van der Waals surface area (Å²) in [5, 5.41) is 3.53. The summed E-state index contributed by atoms with van der Waals surface area (Å²) in [5.74, 6) is 5.57. The van der Waals surface area contributed by atoms with Crippen LogP contribution in [0.15, 0.2) is 12.4 Å². The van der Waals surface area contributed by atoms with E-state index in [1.54, 1.807) is 0 Å². The Morgan fingerprint density at radius 2 is 1.14 bits per heavy atom. The molecule has 22 heavy (non-hydrogen) atoms. The molecular formula is C18H38N4. The van der Waals surface area contributed by atoms with Crippen LogP contribution in [0.25, 0.3) is 0 Å². The predicted molar refractivity (Wildman–Crippen MR) is 95.3 cm³/mol. The largest absolute Gasteiger partial charge is 0.295 e. The molecule has 0 aromatic carbocycles. The number of rotatable bonds is 15. The Labute approximate surface area is 138 Å². The van der Waals surface area contributed by atoms with Crippen molar-refractivity contribution in [3.05, 3.63) is 12.4 Å². The van der Waals surface area contributed by atoms with E-state index in [0.717, 1.165) is 6.54 Å². The first kappa shape index (κ1) is 19.3. The van der Waals surface area contributed by atoms with Gasteiger partial charge in [0.1, 0.15) is 0 Å². The number of unbranched alkanes of at least 4 members (excludes halogenated alkanes) is 13. The van der Waals surface area contributed by atoms with Crippen molar-refractivity contribution in [2.75, 3.05) is 6.54 Å². The van der Waals surface area contributed by atoms with Crippen LogP contribution in [0.4, 0.5) is 0 Å². The lowest BCUT2D eigenvalue weighted by Crippen LogP contribution is -2.43. The minimum absolute atomic E-state index is 1.04. The molecule has 0 unspecified atom stereocenters. The molecular weight excluding hydrogens is 272 g/mol. The van der Waals surface area contributed by atoms with E-state index in [4.69, 9.17) is 5.84 Å². The molecule has 1 rings (SSSR count). The molecule has 0 aromatic heterocycles. The van der Waals surface area contributed by atoms with Gasteiger partial charge in [0.15, 0.2) is 0 Å². The molecule has 1 aliphatic heterocycles. The maximum Gasteiger partial charge on any atom is 0.0531 e. The SMILES string of the molecule is CCCCCCCCCCCCCCCCN1C=CN(N)N1. The Hall–Kier alpha value is -0.740. The van der Waals surface area contributed by atoms with Gasteiger partial charge in [-0.2, -0.15) is 0 Å². The summed E-state index contributed by atoms with van der Waals surface area (Å²) in [7, 11) is 0. The van der Waals surface area contributed by atoms with Crippen LogP contribution in [0.1, 0.15) is 96.8 Å². The van der Waals surface area contributed by atoms with Gasteiger partial charge in [-0.25, -0.2) is 11.0 Å². The fourth-order valence-electron chi connectivity index (χ4n) is 2.97. The Morgan fingerprint density at radius 1 is 0.682 bits per heavy atom. The molecule has 0 aromatic rings. The van der Waals surface area contributed by atoms with Gasteiger partial charge >= 0.3 is 0 Å². The zero-order chi connectivity index (χ0) is 15.9. The van der Waals surface area contributed by atoms with Gasteiger partial charge in [-0.3, -0.25) is 5.01 Å². The van der Waals surface area contributed by atoms with Gasteiger partial charge in [-0.15, -0.1) is 5.53 Å². The summed E-state index contributed by atoms with van der Waals surface area (Å²) in [6.07, 6.45) is 23.5. The second kappa shape index (κ2) is 13.9. The molecule has 3 N–H and O–H groups in total. The van der Waals surface area contributed by atoms with Gasteiger partial charge in [-0.05, 0) is 6.42 Å². The first-order chi connectivity index (χ1) is 10.8. The number of nitrogens with two attached hydrogens (primary N) is 1. The molecule has 4 nitrogen and oxygen atoms in total. The Kier molecular flexibility index (Phi) is 12.2. The zero-order valence-electron chi connectivity index (χ0n) is 14.7. The van der Waals surface area contributed by atoms with E-state index in [0.29, 0.717) is 0 Å². The van der Waals surface area contributed by atoms with Crippen molar-refractivity contribution in [3.63, 3.8) is 0 Å². The summed E-state index contributed by atoms with van der Waals surface area (Å²) >= 11 is 0. The molecule has 0 bridgehead atoms. The summed E-state index contributed by atoms with van der Waals surface area (Å²) in [4.78, 5) is 0. The number of hydrogen-bond acceptors (Lipinski definition) is 4. The highest BCUT2D eigenvalue weighted by Gasteiger charge is 2.06. The molecule has 0 spiro atoms. The van der Waals surface area contributed by atoms with E-state index >= 15 is 0 Å². The minimum atomic E-state index is 1.04. The molecule has 1 heterocycles. The molecule has 0 aliphatic carbocycles. The smallest absolute Gasteiger partial charge is 0.0531 e. The standard InChI is InChI=1S/C18H38N4/c1-2-3-4-5-6-7-8-9-10-11-12-13-14-15-16-21-17-18-22(19)20-21/h17-18,20H,2-16,19H2,1H3. The lowest BCUT2D eigenvalue weighted by atomic mass is 10.0. The van der Waals surface area contributed by atoms with Gasteiger partial charge in [-0.1, -0.05) is 90.4 Å². The molecule has 0 saturated carbocycles. The maximum atomic E-state index is 5.57. The zero-order valence-corrected chi connectivity index (χ0v) is 14.7. The fourth-order valence-corrected chi connectivity index (χ4v) is 2.97. The normalized spacial score (nSPS) is 14.3. The van der Waals surface area contributed by atoms with Crippen molar-refractivity contribution in [3.8, 4) is 0 Å². The Bertz CT molecular complexity index is 268. The predicted octanol–water partition coefficient (Wildman–Crippen LogP) is 4.85. The van der Waals surface area contributed by atoms with E-state index in [2.05, 4.69) is 12.5 Å². The third-order valence-electron chi connectivity index (χ3n) is 4.40. The lowest BCUT2D eigenvalue weighted by Gasteiger charge is -2.18. The Morgan fingerprint density at radius 3 is 1.55 bits per heavy atom. The van der Waals surface area contributed by atoms with Crippen LogP contribution in [0.5, 0.6) is 0 Å². The highest BCUT2D eigenvalue weighted by molar-refractivity contribution is 4.82. The first-order valence-corrected chi connectivity index (χ1v) is 9.58. The van der Waals surface area contributed by atoms with E-state index in [9.17, 15) is 0 Å². The average Bonchev–Trinajstić information content (AvgIpc) is 2.93. The van der Waals surface area contributed by atoms with Crippen LogP contribution >= 0.6 is 0 Å². The van der Waals surface area contributed by atoms with Crippen molar-refractivity contribution < 1.29 is 0 Å². The van der Waals surface area contributed by atoms with E-state index in [-0.39, 0.29) is 0 Å². The van der Waals surface area contributed by atoms with Crippen LogP contribution in [0, 0.1) is 0 Å². The van der Waals surface area contributed by atoms with E-state index < -0.39 is 0 Å². The topological polar surface area (TPSA) is 44.5 Å². The van der Waals surface area contributed by atoms with Crippen LogP contribution < -0.4 is 11.4 Å². The second-order valence-electron chi connectivity index (χ2n) is 6.60. The molecule has 0 saturated heterocycles. The number of nitrogens with zero attached hydrogens (tertiary/aromatic N) is 2. The van der Waals surface area contributed by atoms with Crippen molar-refractivity contribution in [2.24, 2.45) is 5.84 Å². The first-order valence-electron chi connectivity index (χ1n) is 9.58. The molecule has 4 heteroatoms. The summed E-state index contributed by atoms with van der Waals surface area (Å²) in [6.45, 7) is 3.33. The van der Waals surface area contributed by atoms with Crippen LogP contribution in [-0.2, 0) is 0 Å². The highest BCUT2D eigenvalue weighted by Crippen LogP contribution is 2.13. The summed E-state index contributed by atoms with van der Waals surface area (Å²) in [5.41, 5.74) is 3.03. The molecule has 1 aliphatic rings. The quantitative estimate of drug-likeness (QED) is 0.335. The van der Waals surface area contributed by atoms with E-state index in [1.807, 2.05) is 17.4 Å². The van der Waals surface area contributed by atoms with Crippen LogP contribution in [-0.4, -0.2) is 16.7 Å². The van der Waals surface area contributed by atoms with E-state index in [1.165, 1.54) is 95.0 Å². The van der Waals surface area contributed by atoms with Crippen LogP contribution in [0.3, 0.4) is 0 Å². The maximum absolute atomic E-state index is 5.57. The lowest BCUT2D eigenvalue weighted by molar-refractivity contribution is 0.136. The number of hydrogen-bond donors (Lipinski definition) is 2. The van der Waals surface area contributed by atoms with Crippen molar-refractivity contribution >= 4 is 0 Å². The van der Waals surface area contributed by atoms with Crippen molar-refractivity contribution in [2.45, 2.75) is 96.8 Å². The monoisotopic (exact) mass is 310 g/mol. The second-order valence-corrected chi connectivity index (χ2v) is 6.60. The van der Waals surface area contributed by atoms with Crippen LogP contribution in [0.2, 0.25) is 0 Å². The number of hydrazine groups is 3. The van der Waals surface area contributed by atoms with Gasteiger partial charge < -0.3 is 0 Å². The molecule has 0 amide bonds. The minimum Gasteiger partial charge on any atom is -0.295 e. The third kappa shape index (κ3) is 10.9. The summed E-state index contributed by atoms with van der Waals surface area (Å²) in [6, 6.07) is 0. The van der Waals surface area contributed by atoms with Gasteiger partial charge in [0, 0.05) is 12.7 Å². The number of nitrogens with one attached hydrogen (secondary N) is 1. The van der Waals surface area contributed by atoms with Crippen molar-refractivity contribution in [1.29, 1.82) is 0 Å². The highest BCUT2D eigenvalue weighted by atomic mass is 15.8. The van der Waals surface area contributed by atoms with Gasteiger partial charge in [0.05, 0.1) is 6.20 Å². The molecule has 130 valence electrons. The fraction of sp³-hybridized carbons (Fsp3) is 0.889. The van der Waals surface area contributed by atoms with Crippen molar-refractivity contribution in [1.82, 2.24) is 15.7 Å². The third-order valence-corrected chi connectivity index (χ3v) is 4.40.